The number of aliphatic hydroxyl groups excluding tert-OH is 1. The van der Waals surface area contributed by atoms with Gasteiger partial charge in [0, 0.05) is 19.2 Å². The van der Waals surface area contributed by atoms with Gasteiger partial charge in [-0.15, -0.1) is 0 Å². The Labute approximate surface area is 86.8 Å². The highest BCUT2D eigenvalue weighted by Gasteiger charge is 2.34. The third-order valence-electron chi connectivity index (χ3n) is 3.42. The lowest BCUT2D eigenvalue weighted by atomic mass is 9.85. The molecule has 0 aromatic heterocycles. The summed E-state index contributed by atoms with van der Waals surface area (Å²) in [5.41, 5.74) is -0.102. The fourth-order valence-corrected chi connectivity index (χ4v) is 2.33. The number of rotatable bonds is 6. The molecule has 1 aliphatic rings. The van der Waals surface area contributed by atoms with Gasteiger partial charge in [-0.25, -0.2) is 0 Å². The zero-order valence-electron chi connectivity index (χ0n) is 9.38. The molecule has 3 nitrogen and oxygen atoms in total. The molecule has 1 fully saturated rings. The van der Waals surface area contributed by atoms with Crippen molar-refractivity contribution in [2.24, 2.45) is 5.92 Å². The number of aliphatic hydroxyl groups is 1. The molecule has 1 aliphatic carbocycles. The highest BCUT2D eigenvalue weighted by Crippen LogP contribution is 2.33. The maximum Gasteiger partial charge on any atom is 0.0613 e. The van der Waals surface area contributed by atoms with Gasteiger partial charge in [0.2, 0.25) is 0 Å². The molecular formula is C11H23NO2. The van der Waals surface area contributed by atoms with Crippen molar-refractivity contribution in [2.75, 3.05) is 26.9 Å². The van der Waals surface area contributed by atoms with E-state index in [4.69, 9.17) is 4.74 Å². The summed E-state index contributed by atoms with van der Waals surface area (Å²) >= 11 is 0. The Balaban J connectivity index is 2.38. The predicted octanol–water partition coefficient (Wildman–Crippen LogP) is 1.16. The van der Waals surface area contributed by atoms with Crippen LogP contribution in [0.2, 0.25) is 0 Å². The van der Waals surface area contributed by atoms with Gasteiger partial charge in [0.25, 0.3) is 0 Å². The van der Waals surface area contributed by atoms with E-state index in [1.807, 2.05) is 0 Å². The normalized spacial score (nSPS) is 22.5. The Bertz CT molecular complexity index is 157. The first kappa shape index (κ1) is 12.0. The van der Waals surface area contributed by atoms with Crippen LogP contribution in [0.25, 0.3) is 0 Å². The molecule has 3 heteroatoms. The lowest BCUT2D eigenvalue weighted by Crippen LogP contribution is -2.52. The Hall–Kier alpha value is -0.120. The van der Waals surface area contributed by atoms with Crippen molar-refractivity contribution in [1.29, 1.82) is 0 Å². The minimum atomic E-state index is -0.102. The van der Waals surface area contributed by atoms with Crippen molar-refractivity contribution in [3.63, 3.8) is 0 Å². The number of hydrogen-bond donors (Lipinski definition) is 2. The van der Waals surface area contributed by atoms with Crippen LogP contribution >= 0.6 is 0 Å². The van der Waals surface area contributed by atoms with Gasteiger partial charge in [-0.3, -0.25) is 0 Å². The van der Waals surface area contributed by atoms with Crippen molar-refractivity contribution in [3.05, 3.63) is 0 Å². The van der Waals surface area contributed by atoms with Crippen molar-refractivity contribution < 1.29 is 9.84 Å². The molecular weight excluding hydrogens is 178 g/mol. The van der Waals surface area contributed by atoms with Crippen LogP contribution in [0, 0.1) is 5.92 Å². The molecule has 0 amide bonds. The molecule has 0 radical (unpaired) electrons. The molecule has 0 spiro atoms. The summed E-state index contributed by atoms with van der Waals surface area (Å²) in [6, 6.07) is 0. The predicted molar refractivity (Wildman–Crippen MR) is 57.3 cm³/mol. The first-order valence-electron chi connectivity index (χ1n) is 5.58. The van der Waals surface area contributed by atoms with Crippen LogP contribution in [-0.2, 0) is 4.74 Å². The van der Waals surface area contributed by atoms with Gasteiger partial charge >= 0.3 is 0 Å². The SMILES string of the molecule is COCCNC(C)(CO)C1CCCC1. The van der Waals surface area contributed by atoms with E-state index in [1.54, 1.807) is 7.11 Å². The summed E-state index contributed by atoms with van der Waals surface area (Å²) in [6.45, 7) is 3.88. The van der Waals surface area contributed by atoms with E-state index < -0.39 is 0 Å². The van der Waals surface area contributed by atoms with E-state index in [1.165, 1.54) is 25.7 Å². The Kier molecular flexibility index (Phi) is 4.85. The largest absolute Gasteiger partial charge is 0.394 e. The van der Waals surface area contributed by atoms with Crippen LogP contribution in [0.3, 0.4) is 0 Å². The maximum absolute atomic E-state index is 9.44. The van der Waals surface area contributed by atoms with Crippen molar-refractivity contribution in [1.82, 2.24) is 5.32 Å². The van der Waals surface area contributed by atoms with Crippen molar-refractivity contribution in [2.45, 2.75) is 38.1 Å². The van der Waals surface area contributed by atoms with E-state index in [2.05, 4.69) is 12.2 Å². The Morgan fingerprint density at radius 1 is 1.43 bits per heavy atom. The van der Waals surface area contributed by atoms with E-state index in [9.17, 15) is 5.11 Å². The molecule has 1 unspecified atom stereocenters. The van der Waals surface area contributed by atoms with E-state index in [0.717, 1.165) is 6.54 Å². The van der Waals surface area contributed by atoms with Gasteiger partial charge in [0.15, 0.2) is 0 Å². The highest BCUT2D eigenvalue weighted by molar-refractivity contribution is 4.92. The lowest BCUT2D eigenvalue weighted by molar-refractivity contribution is 0.106. The number of nitrogens with one attached hydrogen (secondary N) is 1. The summed E-state index contributed by atoms with van der Waals surface area (Å²) in [4.78, 5) is 0. The van der Waals surface area contributed by atoms with E-state index in [-0.39, 0.29) is 12.1 Å². The standard InChI is InChI=1S/C11H23NO2/c1-11(9-13,12-7-8-14-2)10-5-3-4-6-10/h10,12-13H,3-9H2,1-2H3. The molecule has 1 rings (SSSR count). The molecule has 0 saturated heterocycles. The molecule has 1 atom stereocenters. The minimum absolute atomic E-state index is 0.102. The Morgan fingerprint density at radius 2 is 2.07 bits per heavy atom. The zero-order chi connectivity index (χ0) is 10.4. The molecule has 2 N–H and O–H groups in total. The minimum Gasteiger partial charge on any atom is -0.394 e. The topological polar surface area (TPSA) is 41.5 Å². The molecule has 0 bridgehead atoms. The molecule has 0 aliphatic heterocycles. The van der Waals surface area contributed by atoms with Crippen LogP contribution in [0.5, 0.6) is 0 Å². The molecule has 0 aromatic carbocycles. The van der Waals surface area contributed by atoms with Gasteiger partial charge in [-0.05, 0) is 25.7 Å². The average molecular weight is 201 g/mol. The summed E-state index contributed by atoms with van der Waals surface area (Å²) in [7, 11) is 1.70. The van der Waals surface area contributed by atoms with Crippen LogP contribution in [-0.4, -0.2) is 37.5 Å². The zero-order valence-corrected chi connectivity index (χ0v) is 9.38. The van der Waals surface area contributed by atoms with Crippen molar-refractivity contribution >= 4 is 0 Å². The third-order valence-corrected chi connectivity index (χ3v) is 3.42. The van der Waals surface area contributed by atoms with Crippen LogP contribution < -0.4 is 5.32 Å². The van der Waals surface area contributed by atoms with Gasteiger partial charge < -0.3 is 15.2 Å². The maximum atomic E-state index is 9.44. The van der Waals surface area contributed by atoms with Crippen LogP contribution in [0.15, 0.2) is 0 Å². The van der Waals surface area contributed by atoms with Crippen LogP contribution in [0.4, 0.5) is 0 Å². The summed E-state index contributed by atoms with van der Waals surface area (Å²) in [5.74, 6) is 0.629. The second kappa shape index (κ2) is 5.69. The summed E-state index contributed by atoms with van der Waals surface area (Å²) in [6.07, 6.45) is 5.12. The van der Waals surface area contributed by atoms with Gasteiger partial charge in [0.05, 0.1) is 13.2 Å². The second-order valence-electron chi connectivity index (χ2n) is 4.48. The number of hydrogen-bond acceptors (Lipinski definition) is 3. The molecule has 0 heterocycles. The van der Waals surface area contributed by atoms with Crippen molar-refractivity contribution in [3.8, 4) is 0 Å². The van der Waals surface area contributed by atoms with E-state index >= 15 is 0 Å². The third kappa shape index (κ3) is 2.94. The monoisotopic (exact) mass is 201 g/mol. The smallest absolute Gasteiger partial charge is 0.0613 e. The lowest BCUT2D eigenvalue weighted by Gasteiger charge is -2.35. The van der Waals surface area contributed by atoms with Crippen LogP contribution in [0.1, 0.15) is 32.6 Å². The van der Waals surface area contributed by atoms with Gasteiger partial charge in [-0.1, -0.05) is 12.8 Å². The number of methoxy groups -OCH3 is 1. The average Bonchev–Trinajstić information content (AvgIpc) is 2.71. The van der Waals surface area contributed by atoms with Gasteiger partial charge in [0.1, 0.15) is 0 Å². The Morgan fingerprint density at radius 3 is 2.57 bits per heavy atom. The van der Waals surface area contributed by atoms with E-state index in [0.29, 0.717) is 12.5 Å². The first-order chi connectivity index (χ1) is 6.73. The first-order valence-corrected chi connectivity index (χ1v) is 5.58. The molecule has 84 valence electrons. The molecule has 1 saturated carbocycles. The molecule has 0 aromatic rings. The number of ether oxygens (including phenoxy) is 1. The second-order valence-corrected chi connectivity index (χ2v) is 4.48. The highest BCUT2D eigenvalue weighted by atomic mass is 16.5. The summed E-state index contributed by atoms with van der Waals surface area (Å²) < 4.78 is 5.00. The molecule has 14 heavy (non-hydrogen) atoms. The quantitative estimate of drug-likeness (QED) is 0.634. The van der Waals surface area contributed by atoms with Gasteiger partial charge in [-0.2, -0.15) is 0 Å². The summed E-state index contributed by atoms with van der Waals surface area (Å²) in [5, 5.41) is 12.9. The fraction of sp³-hybridized carbons (Fsp3) is 1.00. The fourth-order valence-electron chi connectivity index (χ4n) is 2.33.